The second-order valence-electron chi connectivity index (χ2n) is 4.10. The van der Waals surface area contributed by atoms with Crippen LogP contribution in [0.15, 0.2) is 48.7 Å². The predicted octanol–water partition coefficient (Wildman–Crippen LogP) is 1.37. The Labute approximate surface area is 109 Å². The molecule has 3 rings (SSSR count). The van der Waals surface area contributed by atoms with E-state index in [0.717, 1.165) is 11.1 Å². The number of tetrazole rings is 1. The van der Waals surface area contributed by atoms with Crippen molar-refractivity contribution in [3.8, 4) is 11.4 Å². The van der Waals surface area contributed by atoms with Gasteiger partial charge in [-0.1, -0.05) is 36.4 Å². The number of pyridine rings is 1. The van der Waals surface area contributed by atoms with Crippen LogP contribution in [0.2, 0.25) is 0 Å². The van der Waals surface area contributed by atoms with Crippen LogP contribution in [-0.2, 0) is 6.54 Å². The molecular formula is C13H12N6. The van der Waals surface area contributed by atoms with Gasteiger partial charge >= 0.3 is 0 Å². The largest absolute Gasteiger partial charge is 0.384 e. The van der Waals surface area contributed by atoms with Gasteiger partial charge in [0.25, 0.3) is 0 Å². The average molecular weight is 252 g/mol. The lowest BCUT2D eigenvalue weighted by Crippen LogP contribution is -2.04. The minimum Gasteiger partial charge on any atom is -0.384 e. The van der Waals surface area contributed by atoms with E-state index in [1.165, 1.54) is 4.80 Å². The van der Waals surface area contributed by atoms with E-state index in [9.17, 15) is 0 Å². The van der Waals surface area contributed by atoms with Gasteiger partial charge in [-0.25, -0.2) is 4.98 Å². The van der Waals surface area contributed by atoms with Gasteiger partial charge < -0.3 is 5.73 Å². The number of hydrogen-bond acceptors (Lipinski definition) is 5. The number of nitrogen functional groups attached to an aromatic ring is 1. The zero-order valence-electron chi connectivity index (χ0n) is 10.1. The molecule has 0 fully saturated rings. The molecule has 0 spiro atoms. The number of nitrogens with two attached hydrogens (primary N) is 1. The van der Waals surface area contributed by atoms with Gasteiger partial charge in [-0.15, -0.1) is 10.2 Å². The highest BCUT2D eigenvalue weighted by Gasteiger charge is 2.05. The first kappa shape index (κ1) is 11.3. The van der Waals surface area contributed by atoms with Crippen molar-refractivity contribution >= 4 is 5.82 Å². The molecule has 2 aromatic heterocycles. The summed E-state index contributed by atoms with van der Waals surface area (Å²) in [4.78, 5) is 5.57. The number of nitrogens with zero attached hydrogens (tertiary/aromatic N) is 5. The summed E-state index contributed by atoms with van der Waals surface area (Å²) in [5.74, 6) is 1.12. The monoisotopic (exact) mass is 252 g/mol. The Morgan fingerprint density at radius 2 is 1.89 bits per heavy atom. The van der Waals surface area contributed by atoms with Crippen molar-refractivity contribution in [1.29, 1.82) is 0 Å². The fourth-order valence-electron chi connectivity index (χ4n) is 1.71. The van der Waals surface area contributed by atoms with Crippen LogP contribution in [0.1, 0.15) is 5.56 Å². The molecule has 0 atom stereocenters. The Balaban J connectivity index is 1.80. The van der Waals surface area contributed by atoms with Crippen molar-refractivity contribution in [2.24, 2.45) is 0 Å². The minimum atomic E-state index is 0.500. The molecule has 2 heterocycles. The fraction of sp³-hybridized carbons (Fsp3) is 0.0769. The molecule has 1 aromatic carbocycles. The van der Waals surface area contributed by atoms with E-state index in [2.05, 4.69) is 20.4 Å². The Hall–Kier alpha value is -2.76. The summed E-state index contributed by atoms with van der Waals surface area (Å²) in [6.45, 7) is 0.521. The van der Waals surface area contributed by atoms with Crippen molar-refractivity contribution in [2.75, 3.05) is 5.73 Å². The highest BCUT2D eigenvalue weighted by molar-refractivity contribution is 5.52. The first-order valence-electron chi connectivity index (χ1n) is 5.85. The lowest BCUT2D eigenvalue weighted by atomic mass is 10.2. The summed E-state index contributed by atoms with van der Waals surface area (Å²) in [5.41, 5.74) is 7.46. The third kappa shape index (κ3) is 2.57. The molecular weight excluding hydrogens is 240 g/mol. The normalized spacial score (nSPS) is 10.5. The molecule has 0 aliphatic rings. The third-order valence-corrected chi connectivity index (χ3v) is 2.66. The molecule has 94 valence electrons. The van der Waals surface area contributed by atoms with Crippen LogP contribution in [0.5, 0.6) is 0 Å². The molecule has 19 heavy (non-hydrogen) atoms. The smallest absolute Gasteiger partial charge is 0.204 e. The lowest BCUT2D eigenvalue weighted by molar-refractivity contribution is 0.572. The zero-order chi connectivity index (χ0) is 13.1. The molecule has 0 saturated carbocycles. The number of anilines is 1. The Morgan fingerprint density at radius 3 is 2.63 bits per heavy atom. The van der Waals surface area contributed by atoms with E-state index < -0.39 is 0 Å². The number of hydrogen-bond donors (Lipinski definition) is 1. The summed E-state index contributed by atoms with van der Waals surface area (Å²) < 4.78 is 0. The SMILES string of the molecule is Nc1ccc(Cn2nnc(-c3ccccc3)n2)cn1. The van der Waals surface area contributed by atoms with E-state index in [0.29, 0.717) is 18.2 Å². The lowest BCUT2D eigenvalue weighted by Gasteiger charge is -1.99. The summed E-state index contributed by atoms with van der Waals surface area (Å²) in [7, 11) is 0. The maximum absolute atomic E-state index is 5.54. The molecule has 0 saturated heterocycles. The van der Waals surface area contributed by atoms with Crippen LogP contribution >= 0.6 is 0 Å². The van der Waals surface area contributed by atoms with Crippen LogP contribution in [0.25, 0.3) is 11.4 Å². The molecule has 2 N–H and O–H groups in total. The van der Waals surface area contributed by atoms with Crippen LogP contribution in [-0.4, -0.2) is 25.2 Å². The Morgan fingerprint density at radius 1 is 1.05 bits per heavy atom. The van der Waals surface area contributed by atoms with Crippen molar-refractivity contribution < 1.29 is 0 Å². The maximum Gasteiger partial charge on any atom is 0.204 e. The minimum absolute atomic E-state index is 0.500. The van der Waals surface area contributed by atoms with Crippen molar-refractivity contribution in [3.63, 3.8) is 0 Å². The van der Waals surface area contributed by atoms with Gasteiger partial charge in [-0.2, -0.15) is 4.80 Å². The molecule has 0 bridgehead atoms. The Kier molecular flexibility index (Phi) is 2.89. The summed E-state index contributed by atoms with van der Waals surface area (Å²) in [6.07, 6.45) is 1.71. The molecule has 0 aliphatic carbocycles. The van der Waals surface area contributed by atoms with Crippen LogP contribution in [0.3, 0.4) is 0 Å². The molecule has 0 radical (unpaired) electrons. The quantitative estimate of drug-likeness (QED) is 0.761. The van der Waals surface area contributed by atoms with Crippen molar-refractivity contribution in [3.05, 3.63) is 54.2 Å². The van der Waals surface area contributed by atoms with Gasteiger partial charge in [0.15, 0.2) is 0 Å². The van der Waals surface area contributed by atoms with Gasteiger partial charge in [-0.05, 0) is 16.8 Å². The molecule has 0 amide bonds. The summed E-state index contributed by atoms with van der Waals surface area (Å²) in [6, 6.07) is 13.4. The van der Waals surface area contributed by atoms with E-state index in [1.54, 1.807) is 12.3 Å². The van der Waals surface area contributed by atoms with Gasteiger partial charge in [0.05, 0.1) is 6.54 Å². The van der Waals surface area contributed by atoms with Crippen molar-refractivity contribution in [1.82, 2.24) is 25.2 Å². The van der Waals surface area contributed by atoms with Gasteiger partial charge in [-0.3, -0.25) is 0 Å². The third-order valence-electron chi connectivity index (χ3n) is 2.66. The predicted molar refractivity (Wildman–Crippen MR) is 71.0 cm³/mol. The molecule has 6 heteroatoms. The highest BCUT2D eigenvalue weighted by Crippen LogP contribution is 2.12. The topological polar surface area (TPSA) is 82.5 Å². The van der Waals surface area contributed by atoms with E-state index >= 15 is 0 Å². The summed E-state index contributed by atoms with van der Waals surface area (Å²) >= 11 is 0. The summed E-state index contributed by atoms with van der Waals surface area (Å²) in [5, 5.41) is 12.4. The Bertz CT molecular complexity index is 659. The maximum atomic E-state index is 5.54. The van der Waals surface area contributed by atoms with Crippen LogP contribution < -0.4 is 5.73 Å². The van der Waals surface area contributed by atoms with E-state index in [4.69, 9.17) is 5.73 Å². The van der Waals surface area contributed by atoms with Gasteiger partial charge in [0, 0.05) is 11.8 Å². The van der Waals surface area contributed by atoms with E-state index in [1.807, 2.05) is 36.4 Å². The van der Waals surface area contributed by atoms with Gasteiger partial charge in [0.1, 0.15) is 5.82 Å². The molecule has 0 aliphatic heterocycles. The second kappa shape index (κ2) is 4.85. The number of rotatable bonds is 3. The fourth-order valence-corrected chi connectivity index (χ4v) is 1.71. The molecule has 6 nitrogen and oxygen atoms in total. The zero-order valence-corrected chi connectivity index (χ0v) is 10.1. The van der Waals surface area contributed by atoms with Crippen LogP contribution in [0.4, 0.5) is 5.82 Å². The molecule has 3 aromatic rings. The van der Waals surface area contributed by atoms with Gasteiger partial charge in [0.2, 0.25) is 5.82 Å². The highest BCUT2D eigenvalue weighted by atomic mass is 15.6. The first-order valence-corrected chi connectivity index (χ1v) is 5.85. The van der Waals surface area contributed by atoms with Crippen molar-refractivity contribution in [2.45, 2.75) is 6.54 Å². The average Bonchev–Trinajstić information content (AvgIpc) is 2.91. The molecule has 0 unspecified atom stereocenters. The number of benzene rings is 1. The second-order valence-corrected chi connectivity index (χ2v) is 4.10. The van der Waals surface area contributed by atoms with E-state index in [-0.39, 0.29) is 0 Å². The number of aromatic nitrogens is 5. The standard InChI is InChI=1S/C13H12N6/c14-12-7-6-10(8-15-12)9-19-17-13(16-18-19)11-4-2-1-3-5-11/h1-8H,9H2,(H2,14,15). The first-order chi connectivity index (χ1) is 9.31. The van der Waals surface area contributed by atoms with Crippen LogP contribution in [0, 0.1) is 0 Å².